The Morgan fingerprint density at radius 1 is 1.03 bits per heavy atom. The van der Waals surface area contributed by atoms with Crippen molar-refractivity contribution >= 4 is 5.97 Å². The second-order valence-electron chi connectivity index (χ2n) is 6.61. The van der Waals surface area contributed by atoms with Gasteiger partial charge in [-0.2, -0.15) is 10.5 Å². The zero-order chi connectivity index (χ0) is 21.1. The molecule has 0 saturated carbocycles. The van der Waals surface area contributed by atoms with Crippen LogP contribution >= 0.6 is 0 Å². The fraction of sp³-hybridized carbons (Fsp3) is 0.174. The number of hydrogen-bond donors (Lipinski definition) is 0. The van der Waals surface area contributed by atoms with Gasteiger partial charge in [0.25, 0.3) is 0 Å². The Kier molecular flexibility index (Phi) is 5.47. The standard InChI is InChI=1S/C23H18FN3O2/c1-14-21(18-7-4-16(11-25)5-8-18)22(23(28)29-3)15(2)27(14)13-19-9-6-17(12-26)10-20(19)24/h4-10H,13H2,1-3H3. The van der Waals surface area contributed by atoms with Crippen LogP contribution in [0.5, 0.6) is 0 Å². The van der Waals surface area contributed by atoms with Crippen LogP contribution in [0.25, 0.3) is 11.1 Å². The van der Waals surface area contributed by atoms with Crippen LogP contribution in [0.3, 0.4) is 0 Å². The maximum absolute atomic E-state index is 14.4. The molecule has 0 atom stereocenters. The van der Waals surface area contributed by atoms with Crippen molar-refractivity contribution in [1.29, 1.82) is 10.5 Å². The van der Waals surface area contributed by atoms with Crippen LogP contribution in [0.1, 0.15) is 38.4 Å². The van der Waals surface area contributed by atoms with E-state index in [1.54, 1.807) is 43.3 Å². The maximum atomic E-state index is 14.4. The molecule has 0 unspecified atom stereocenters. The second kappa shape index (κ2) is 8.00. The van der Waals surface area contributed by atoms with E-state index in [0.717, 1.165) is 11.3 Å². The van der Waals surface area contributed by atoms with Crippen molar-refractivity contribution in [2.24, 2.45) is 0 Å². The number of benzene rings is 2. The predicted octanol–water partition coefficient (Wildman–Crippen LogP) is 4.49. The molecule has 0 aliphatic carbocycles. The molecule has 0 N–H and O–H groups in total. The summed E-state index contributed by atoms with van der Waals surface area (Å²) in [5.74, 6) is -0.958. The summed E-state index contributed by atoms with van der Waals surface area (Å²) in [6.45, 7) is 3.85. The Hall–Kier alpha value is -3.90. The average molecular weight is 387 g/mol. The minimum absolute atomic E-state index is 0.204. The highest BCUT2D eigenvalue weighted by atomic mass is 19.1. The summed E-state index contributed by atoms with van der Waals surface area (Å²) in [7, 11) is 1.32. The lowest BCUT2D eigenvalue weighted by molar-refractivity contribution is 0.0600. The topological polar surface area (TPSA) is 78.8 Å². The molecule has 6 heteroatoms. The van der Waals surface area contributed by atoms with Crippen molar-refractivity contribution in [3.63, 3.8) is 0 Å². The third-order valence-electron chi connectivity index (χ3n) is 4.99. The van der Waals surface area contributed by atoms with Crippen molar-refractivity contribution in [3.05, 3.63) is 81.9 Å². The van der Waals surface area contributed by atoms with Gasteiger partial charge in [-0.1, -0.05) is 18.2 Å². The number of carbonyl (C=O) groups is 1. The molecule has 0 spiro atoms. The Balaban J connectivity index is 2.16. The van der Waals surface area contributed by atoms with Crippen molar-refractivity contribution in [3.8, 4) is 23.3 Å². The molecule has 3 rings (SSSR count). The normalized spacial score (nSPS) is 10.3. The number of ether oxygens (including phenoxy) is 1. The first kappa shape index (κ1) is 19.9. The van der Waals surface area contributed by atoms with Gasteiger partial charge in [-0.25, -0.2) is 9.18 Å². The third-order valence-corrected chi connectivity index (χ3v) is 4.99. The second-order valence-corrected chi connectivity index (χ2v) is 6.61. The van der Waals surface area contributed by atoms with E-state index in [1.807, 2.05) is 17.6 Å². The monoisotopic (exact) mass is 387 g/mol. The molecule has 5 nitrogen and oxygen atoms in total. The Bertz CT molecular complexity index is 1180. The summed E-state index contributed by atoms with van der Waals surface area (Å²) in [5.41, 5.74) is 4.46. The molecule has 0 bridgehead atoms. The number of carbonyl (C=O) groups excluding carboxylic acids is 1. The molecule has 2 aromatic carbocycles. The molecule has 0 fully saturated rings. The van der Waals surface area contributed by atoms with Crippen LogP contribution in [0.15, 0.2) is 42.5 Å². The molecule has 29 heavy (non-hydrogen) atoms. The molecule has 0 aliphatic heterocycles. The van der Waals surface area contributed by atoms with Crippen molar-refractivity contribution in [2.45, 2.75) is 20.4 Å². The molecule has 0 aliphatic rings. The molecule has 1 heterocycles. The van der Waals surface area contributed by atoms with Crippen LogP contribution in [-0.2, 0) is 11.3 Å². The molecule has 1 aromatic heterocycles. The lowest BCUT2D eigenvalue weighted by Gasteiger charge is -2.11. The highest BCUT2D eigenvalue weighted by molar-refractivity contribution is 5.99. The van der Waals surface area contributed by atoms with Crippen LogP contribution in [0.4, 0.5) is 4.39 Å². The SMILES string of the molecule is COC(=O)c1c(-c2ccc(C#N)cc2)c(C)n(Cc2ccc(C#N)cc2F)c1C. The molecule has 144 valence electrons. The lowest BCUT2D eigenvalue weighted by Crippen LogP contribution is -2.08. The number of hydrogen-bond acceptors (Lipinski definition) is 4. The van der Waals surface area contributed by atoms with Gasteiger partial charge in [0.15, 0.2) is 0 Å². The van der Waals surface area contributed by atoms with E-state index in [0.29, 0.717) is 27.9 Å². The van der Waals surface area contributed by atoms with Crippen LogP contribution < -0.4 is 0 Å². The molecule has 0 amide bonds. The first-order valence-corrected chi connectivity index (χ1v) is 8.88. The quantitative estimate of drug-likeness (QED) is 0.618. The maximum Gasteiger partial charge on any atom is 0.340 e. The van der Waals surface area contributed by atoms with Crippen LogP contribution in [-0.4, -0.2) is 17.6 Å². The molecular formula is C23H18FN3O2. The van der Waals surface area contributed by atoms with E-state index < -0.39 is 11.8 Å². The lowest BCUT2D eigenvalue weighted by atomic mass is 9.99. The first-order chi connectivity index (χ1) is 13.9. The predicted molar refractivity (Wildman–Crippen MR) is 106 cm³/mol. The minimum atomic E-state index is -0.482. The van der Waals surface area contributed by atoms with Gasteiger partial charge in [0.2, 0.25) is 0 Å². The number of rotatable bonds is 4. The number of methoxy groups -OCH3 is 1. The number of halogens is 1. The fourth-order valence-corrected chi connectivity index (χ4v) is 3.45. The third kappa shape index (κ3) is 3.61. The number of nitrogens with zero attached hydrogens (tertiary/aromatic N) is 3. The van der Waals surface area contributed by atoms with Crippen molar-refractivity contribution in [2.75, 3.05) is 7.11 Å². The molecule has 0 saturated heterocycles. The largest absolute Gasteiger partial charge is 0.465 e. The molecule has 0 radical (unpaired) electrons. The highest BCUT2D eigenvalue weighted by Gasteiger charge is 2.25. The van der Waals surface area contributed by atoms with Gasteiger partial charge in [-0.3, -0.25) is 0 Å². The van der Waals surface area contributed by atoms with Crippen molar-refractivity contribution in [1.82, 2.24) is 4.57 Å². The summed E-state index contributed by atoms with van der Waals surface area (Å²) in [4.78, 5) is 12.5. The average Bonchev–Trinajstić information content (AvgIpc) is 2.99. The van der Waals surface area contributed by atoms with Gasteiger partial charge in [-0.05, 0) is 43.7 Å². The summed E-state index contributed by atoms with van der Waals surface area (Å²) >= 11 is 0. The zero-order valence-corrected chi connectivity index (χ0v) is 16.3. The van der Waals surface area contributed by atoms with E-state index in [4.69, 9.17) is 15.3 Å². The van der Waals surface area contributed by atoms with Gasteiger partial charge >= 0.3 is 5.97 Å². The van der Waals surface area contributed by atoms with E-state index >= 15 is 0 Å². The zero-order valence-electron chi connectivity index (χ0n) is 16.3. The van der Waals surface area contributed by atoms with E-state index in [1.165, 1.54) is 13.2 Å². The molecule has 3 aromatic rings. The van der Waals surface area contributed by atoms with Gasteiger partial charge in [-0.15, -0.1) is 0 Å². The summed E-state index contributed by atoms with van der Waals surface area (Å²) in [6.07, 6.45) is 0. The number of nitriles is 2. The van der Waals surface area contributed by atoms with Gasteiger partial charge in [0, 0.05) is 22.5 Å². The summed E-state index contributed by atoms with van der Waals surface area (Å²) in [5, 5.41) is 18.0. The van der Waals surface area contributed by atoms with E-state index in [2.05, 4.69) is 6.07 Å². The van der Waals surface area contributed by atoms with Gasteiger partial charge in [0.1, 0.15) is 5.82 Å². The van der Waals surface area contributed by atoms with Crippen LogP contribution in [0.2, 0.25) is 0 Å². The van der Waals surface area contributed by atoms with Gasteiger partial charge < -0.3 is 9.30 Å². The summed E-state index contributed by atoms with van der Waals surface area (Å²) in [6, 6.07) is 15.3. The number of aromatic nitrogens is 1. The van der Waals surface area contributed by atoms with Crippen LogP contribution in [0, 0.1) is 42.3 Å². The number of esters is 1. The highest BCUT2D eigenvalue weighted by Crippen LogP contribution is 2.34. The smallest absolute Gasteiger partial charge is 0.340 e. The van der Waals surface area contributed by atoms with Crippen molar-refractivity contribution < 1.29 is 13.9 Å². The Labute approximate surface area is 168 Å². The Morgan fingerprint density at radius 2 is 1.66 bits per heavy atom. The first-order valence-electron chi connectivity index (χ1n) is 8.88. The fourth-order valence-electron chi connectivity index (χ4n) is 3.45. The minimum Gasteiger partial charge on any atom is -0.465 e. The summed E-state index contributed by atoms with van der Waals surface area (Å²) < 4.78 is 21.3. The van der Waals surface area contributed by atoms with E-state index in [9.17, 15) is 9.18 Å². The molecular weight excluding hydrogens is 369 g/mol. The Morgan fingerprint density at radius 3 is 2.21 bits per heavy atom. The van der Waals surface area contributed by atoms with Gasteiger partial charge in [0.05, 0.1) is 42.5 Å². The van der Waals surface area contributed by atoms with E-state index in [-0.39, 0.29) is 12.1 Å².